The molecule has 1 fully saturated rings. The molecule has 3 aromatic rings. The van der Waals surface area contributed by atoms with E-state index in [1.165, 1.54) is 0 Å². The Bertz CT molecular complexity index is 1280. The van der Waals surface area contributed by atoms with Crippen molar-refractivity contribution in [2.45, 2.75) is 45.8 Å². The Morgan fingerprint density at radius 3 is 2.50 bits per heavy atom. The molecule has 1 aromatic heterocycles. The minimum Gasteiger partial charge on any atom is -0.366 e. The van der Waals surface area contributed by atoms with Crippen molar-refractivity contribution in [3.05, 3.63) is 70.9 Å². The maximum atomic E-state index is 13.3. The normalized spacial score (nSPS) is 17.9. The molecule has 7 nitrogen and oxygen atoms in total. The molecule has 1 unspecified atom stereocenters. The number of aromatic nitrogens is 1. The van der Waals surface area contributed by atoms with Crippen LogP contribution in [-0.4, -0.2) is 51.2 Å². The number of nitrogens with two attached hydrogens (primary N) is 1. The third-order valence-corrected chi connectivity index (χ3v) is 7.09. The molecule has 2 aliphatic heterocycles. The van der Waals surface area contributed by atoms with E-state index in [9.17, 15) is 14.4 Å². The van der Waals surface area contributed by atoms with Gasteiger partial charge in [-0.05, 0) is 41.7 Å². The standard InChI is InChI=1S/C27H30N4O3/c1-17(2)11-12-29-16-25(32)31-15-24-21(13-23(31)27(29)34)20-5-3-4-6-22(20)30(24)14-18-7-9-19(10-8-18)26(28)33/h3-10,17,23H,11-16H2,1-2H3,(H2,28,33). The third-order valence-electron chi connectivity index (χ3n) is 7.09. The Morgan fingerprint density at radius 2 is 1.79 bits per heavy atom. The van der Waals surface area contributed by atoms with Gasteiger partial charge in [0.2, 0.25) is 17.7 Å². The molecule has 1 atom stereocenters. The van der Waals surface area contributed by atoms with Crippen molar-refractivity contribution >= 4 is 28.6 Å². The van der Waals surface area contributed by atoms with Gasteiger partial charge in [-0.15, -0.1) is 0 Å². The molecule has 176 valence electrons. The number of benzene rings is 2. The maximum absolute atomic E-state index is 13.3. The summed E-state index contributed by atoms with van der Waals surface area (Å²) in [6.45, 7) is 6.08. The second kappa shape index (κ2) is 8.63. The number of hydrogen-bond donors (Lipinski definition) is 1. The molecule has 7 heteroatoms. The van der Waals surface area contributed by atoms with Crippen molar-refractivity contribution in [2.75, 3.05) is 13.1 Å². The number of primary amides is 1. The largest absolute Gasteiger partial charge is 0.366 e. The zero-order valence-corrected chi connectivity index (χ0v) is 19.7. The molecule has 0 spiro atoms. The first-order valence-electron chi connectivity index (χ1n) is 11.9. The summed E-state index contributed by atoms with van der Waals surface area (Å²) in [4.78, 5) is 41.4. The van der Waals surface area contributed by atoms with Crippen LogP contribution >= 0.6 is 0 Å². The van der Waals surface area contributed by atoms with Crippen LogP contribution in [0, 0.1) is 5.92 Å². The molecule has 2 aliphatic rings. The summed E-state index contributed by atoms with van der Waals surface area (Å²) in [7, 11) is 0. The smallest absolute Gasteiger partial charge is 0.248 e. The topological polar surface area (TPSA) is 88.6 Å². The molecule has 2 N–H and O–H groups in total. The Balaban J connectivity index is 1.50. The lowest BCUT2D eigenvalue weighted by Crippen LogP contribution is -2.61. The van der Waals surface area contributed by atoms with Crippen LogP contribution in [0.4, 0.5) is 0 Å². The SMILES string of the molecule is CC(C)CCN1CC(=O)N2Cc3c(c4ccccc4n3Cc3ccc(C(N)=O)cc3)CC2C1=O. The highest BCUT2D eigenvalue weighted by molar-refractivity contribution is 5.97. The first-order chi connectivity index (χ1) is 16.3. The second-order valence-electron chi connectivity index (χ2n) is 9.77. The van der Waals surface area contributed by atoms with E-state index in [1.807, 2.05) is 24.3 Å². The van der Waals surface area contributed by atoms with Gasteiger partial charge in [-0.2, -0.15) is 0 Å². The number of nitrogens with zero attached hydrogens (tertiary/aromatic N) is 3. The summed E-state index contributed by atoms with van der Waals surface area (Å²) in [6, 6.07) is 15.1. The molecule has 0 aliphatic carbocycles. The van der Waals surface area contributed by atoms with Gasteiger partial charge in [0.15, 0.2) is 0 Å². The number of para-hydroxylation sites is 1. The Morgan fingerprint density at radius 1 is 1.06 bits per heavy atom. The van der Waals surface area contributed by atoms with Crippen molar-refractivity contribution in [2.24, 2.45) is 11.7 Å². The fourth-order valence-corrected chi connectivity index (χ4v) is 5.18. The molecule has 3 amide bonds. The van der Waals surface area contributed by atoms with E-state index < -0.39 is 11.9 Å². The van der Waals surface area contributed by atoms with Crippen LogP contribution in [0.5, 0.6) is 0 Å². The van der Waals surface area contributed by atoms with Gasteiger partial charge in [0, 0.05) is 41.7 Å². The van der Waals surface area contributed by atoms with E-state index in [4.69, 9.17) is 5.73 Å². The van der Waals surface area contributed by atoms with Crippen LogP contribution in [-0.2, 0) is 29.1 Å². The lowest BCUT2D eigenvalue weighted by molar-refractivity contribution is -0.157. The van der Waals surface area contributed by atoms with E-state index in [1.54, 1.807) is 21.9 Å². The van der Waals surface area contributed by atoms with E-state index >= 15 is 0 Å². The zero-order chi connectivity index (χ0) is 24.0. The number of carbonyl (C=O) groups is 3. The summed E-state index contributed by atoms with van der Waals surface area (Å²) in [6.07, 6.45) is 1.43. The van der Waals surface area contributed by atoms with Crippen molar-refractivity contribution in [3.63, 3.8) is 0 Å². The number of hydrogen-bond acceptors (Lipinski definition) is 3. The van der Waals surface area contributed by atoms with Gasteiger partial charge in [-0.25, -0.2) is 0 Å². The van der Waals surface area contributed by atoms with Gasteiger partial charge in [-0.3, -0.25) is 14.4 Å². The minimum absolute atomic E-state index is 0.0154. The predicted octanol–water partition coefficient (Wildman–Crippen LogP) is 2.93. The molecule has 1 saturated heterocycles. The van der Waals surface area contributed by atoms with Crippen LogP contribution in [0.2, 0.25) is 0 Å². The molecule has 0 bridgehead atoms. The Labute approximate surface area is 199 Å². The lowest BCUT2D eigenvalue weighted by atomic mass is 9.93. The average molecular weight is 459 g/mol. The van der Waals surface area contributed by atoms with Crippen molar-refractivity contribution in [1.29, 1.82) is 0 Å². The number of carbonyl (C=O) groups excluding carboxylic acids is 3. The zero-order valence-electron chi connectivity index (χ0n) is 19.7. The first kappa shape index (κ1) is 22.2. The third kappa shape index (κ3) is 3.85. The Hall–Kier alpha value is -3.61. The minimum atomic E-state index is -0.447. The number of amides is 3. The summed E-state index contributed by atoms with van der Waals surface area (Å²) in [5.74, 6) is 0.109. The highest BCUT2D eigenvalue weighted by Gasteiger charge is 2.43. The van der Waals surface area contributed by atoms with Crippen LogP contribution < -0.4 is 5.73 Å². The quantitative estimate of drug-likeness (QED) is 0.616. The number of piperazine rings is 1. The molecule has 5 rings (SSSR count). The van der Waals surface area contributed by atoms with Gasteiger partial charge in [0.25, 0.3) is 0 Å². The van der Waals surface area contributed by atoms with E-state index in [2.05, 4.69) is 30.5 Å². The van der Waals surface area contributed by atoms with Gasteiger partial charge in [-0.1, -0.05) is 44.2 Å². The molecule has 0 saturated carbocycles. The van der Waals surface area contributed by atoms with Gasteiger partial charge in [0.05, 0.1) is 13.1 Å². The monoisotopic (exact) mass is 458 g/mol. The summed E-state index contributed by atoms with van der Waals surface area (Å²) >= 11 is 0. The van der Waals surface area contributed by atoms with Crippen LogP contribution in [0.3, 0.4) is 0 Å². The van der Waals surface area contributed by atoms with E-state index in [-0.39, 0.29) is 18.4 Å². The molecule has 3 heterocycles. The average Bonchev–Trinajstić information content (AvgIpc) is 3.12. The van der Waals surface area contributed by atoms with Crippen molar-refractivity contribution < 1.29 is 14.4 Å². The highest BCUT2D eigenvalue weighted by atomic mass is 16.2. The van der Waals surface area contributed by atoms with Crippen molar-refractivity contribution in [1.82, 2.24) is 14.4 Å². The predicted molar refractivity (Wildman–Crippen MR) is 130 cm³/mol. The highest BCUT2D eigenvalue weighted by Crippen LogP contribution is 2.35. The number of fused-ring (bicyclic) bond motifs is 4. The van der Waals surface area contributed by atoms with E-state index in [0.29, 0.717) is 37.5 Å². The summed E-state index contributed by atoms with van der Waals surface area (Å²) in [5.41, 5.74) is 10.2. The molecule has 0 radical (unpaired) electrons. The molecule has 34 heavy (non-hydrogen) atoms. The summed E-state index contributed by atoms with van der Waals surface area (Å²) in [5, 5.41) is 1.13. The fraction of sp³-hybridized carbons (Fsp3) is 0.370. The van der Waals surface area contributed by atoms with Crippen LogP contribution in [0.25, 0.3) is 10.9 Å². The van der Waals surface area contributed by atoms with Crippen LogP contribution in [0.1, 0.15) is 47.4 Å². The summed E-state index contributed by atoms with van der Waals surface area (Å²) < 4.78 is 2.24. The molecular formula is C27H30N4O3. The first-order valence-corrected chi connectivity index (χ1v) is 11.9. The van der Waals surface area contributed by atoms with Crippen molar-refractivity contribution in [3.8, 4) is 0 Å². The van der Waals surface area contributed by atoms with Crippen LogP contribution in [0.15, 0.2) is 48.5 Å². The maximum Gasteiger partial charge on any atom is 0.248 e. The molecular weight excluding hydrogens is 428 g/mol. The van der Waals surface area contributed by atoms with Gasteiger partial charge < -0.3 is 20.1 Å². The second-order valence-corrected chi connectivity index (χ2v) is 9.77. The lowest BCUT2D eigenvalue weighted by Gasteiger charge is -2.43. The van der Waals surface area contributed by atoms with E-state index in [0.717, 1.165) is 34.1 Å². The van der Waals surface area contributed by atoms with Gasteiger partial charge >= 0.3 is 0 Å². The fourth-order valence-electron chi connectivity index (χ4n) is 5.18. The number of rotatable bonds is 6. The van der Waals surface area contributed by atoms with Gasteiger partial charge in [0.1, 0.15) is 6.04 Å². The Kier molecular flexibility index (Phi) is 5.63. The molecule has 2 aromatic carbocycles.